The average molecular weight is 476 g/mol. The summed E-state index contributed by atoms with van der Waals surface area (Å²) in [6.45, 7) is 6.47. The minimum atomic E-state index is -0.293. The number of rotatable bonds is 4. The Labute approximate surface area is 185 Å². The molecule has 2 aliphatic rings. The molecule has 0 spiro atoms. The lowest BCUT2D eigenvalue weighted by Crippen LogP contribution is -2.42. The van der Waals surface area contributed by atoms with Crippen molar-refractivity contribution in [3.63, 3.8) is 0 Å². The van der Waals surface area contributed by atoms with Gasteiger partial charge in [-0.1, -0.05) is 0 Å². The van der Waals surface area contributed by atoms with Gasteiger partial charge in [0.2, 0.25) is 5.91 Å². The highest BCUT2D eigenvalue weighted by molar-refractivity contribution is 9.18. The summed E-state index contributed by atoms with van der Waals surface area (Å²) in [6.07, 6.45) is 6.03. The maximum absolute atomic E-state index is 13.2. The second-order valence-electron chi connectivity index (χ2n) is 8.43. The number of fused-ring (bicyclic) bond motifs is 1. The first-order valence-electron chi connectivity index (χ1n) is 10.7. The van der Waals surface area contributed by atoms with Gasteiger partial charge >= 0.3 is 0 Å². The third-order valence-electron chi connectivity index (χ3n) is 6.22. The molecule has 0 saturated carbocycles. The lowest BCUT2D eigenvalue weighted by Gasteiger charge is -2.36. The highest BCUT2D eigenvalue weighted by Gasteiger charge is 2.33. The number of hydrogen-bond donors (Lipinski definition) is 1. The van der Waals surface area contributed by atoms with Gasteiger partial charge in [0.1, 0.15) is 5.82 Å². The molecule has 30 heavy (non-hydrogen) atoms. The molecule has 0 bridgehead atoms. The number of carbonyl (C=O) groups excluding carboxylic acids is 1. The zero-order valence-corrected chi connectivity index (χ0v) is 19.5. The fourth-order valence-corrected chi connectivity index (χ4v) is 4.72. The van der Waals surface area contributed by atoms with E-state index >= 15 is 0 Å². The fraction of sp³-hybridized carbons (Fsp3) is 0.619. The zero-order valence-electron chi connectivity index (χ0n) is 17.9. The summed E-state index contributed by atoms with van der Waals surface area (Å²) in [5.41, 5.74) is 8.89. The first-order valence-corrected chi connectivity index (χ1v) is 11.5. The molecule has 2 aliphatic heterocycles. The first kappa shape index (κ1) is 21.2. The molecular weight excluding hydrogens is 446 g/mol. The van der Waals surface area contributed by atoms with Crippen LogP contribution >= 0.6 is 15.9 Å². The lowest BCUT2D eigenvalue weighted by molar-refractivity contribution is -0.136. The van der Waals surface area contributed by atoms with Crippen molar-refractivity contribution in [1.82, 2.24) is 19.5 Å². The van der Waals surface area contributed by atoms with Crippen LogP contribution in [0.15, 0.2) is 17.3 Å². The Kier molecular flexibility index (Phi) is 6.11. The number of nitrogens with two attached hydrogens (primary N) is 1. The van der Waals surface area contributed by atoms with Crippen LogP contribution in [0.3, 0.4) is 0 Å². The van der Waals surface area contributed by atoms with Gasteiger partial charge in [0, 0.05) is 50.6 Å². The summed E-state index contributed by atoms with van der Waals surface area (Å²) >= 11 is 3.43. The maximum Gasteiger partial charge on any atom is 0.232 e. The number of halogens is 1. The van der Waals surface area contributed by atoms with E-state index in [4.69, 9.17) is 15.8 Å². The van der Waals surface area contributed by atoms with Crippen LogP contribution in [0.1, 0.15) is 49.9 Å². The molecule has 0 aromatic carbocycles. The smallest absolute Gasteiger partial charge is 0.232 e. The summed E-state index contributed by atoms with van der Waals surface area (Å²) in [7, 11) is 1.70. The summed E-state index contributed by atoms with van der Waals surface area (Å²) in [5, 5.41) is 4.81. The highest BCUT2D eigenvalue weighted by Crippen LogP contribution is 2.33. The molecule has 4 heterocycles. The monoisotopic (exact) mass is 475 g/mol. The van der Waals surface area contributed by atoms with Gasteiger partial charge in [-0.3, -0.25) is 9.79 Å². The van der Waals surface area contributed by atoms with E-state index in [0.717, 1.165) is 68.0 Å². The number of aliphatic imine (C=N–C) groups is 1. The van der Waals surface area contributed by atoms with Crippen LogP contribution in [0.4, 0.5) is 5.82 Å². The minimum absolute atomic E-state index is 0.0310. The molecule has 2 aromatic rings. The average Bonchev–Trinajstić information content (AvgIpc) is 3.37. The number of carbonyl (C=O) groups is 1. The van der Waals surface area contributed by atoms with E-state index in [2.05, 4.69) is 32.7 Å². The standard InChI is InChI=1S/C21H30BrN7O/c1-13-11-29-18(25-20(13)27-9-7-15(23)12-27)10-16(26-29)17-6-4-5-8-28(17)21(30)14(2)19(22)24-3/h10-11,14-15,17H,4-9,12,23H2,1-3H3. The number of nitrogens with zero attached hydrogens (tertiary/aromatic N) is 6. The van der Waals surface area contributed by atoms with Crippen molar-refractivity contribution in [2.24, 2.45) is 16.6 Å². The Morgan fingerprint density at radius 2 is 2.13 bits per heavy atom. The molecule has 2 saturated heterocycles. The van der Waals surface area contributed by atoms with Crippen LogP contribution in [0.2, 0.25) is 0 Å². The Morgan fingerprint density at radius 3 is 2.83 bits per heavy atom. The molecule has 9 heteroatoms. The summed E-state index contributed by atoms with van der Waals surface area (Å²) in [5.74, 6) is 0.777. The van der Waals surface area contributed by atoms with Gasteiger partial charge in [0.05, 0.1) is 22.3 Å². The third-order valence-corrected chi connectivity index (χ3v) is 7.26. The molecule has 0 radical (unpaired) electrons. The van der Waals surface area contributed by atoms with Gasteiger partial charge in [-0.05, 0) is 55.5 Å². The molecule has 1 amide bonds. The van der Waals surface area contributed by atoms with Crippen molar-refractivity contribution < 1.29 is 4.79 Å². The molecule has 3 unspecified atom stereocenters. The van der Waals surface area contributed by atoms with E-state index < -0.39 is 0 Å². The zero-order chi connectivity index (χ0) is 21.4. The van der Waals surface area contributed by atoms with Crippen LogP contribution in [0.25, 0.3) is 5.65 Å². The molecule has 2 aromatic heterocycles. The lowest BCUT2D eigenvalue weighted by atomic mass is 9.97. The molecule has 2 fully saturated rings. The van der Waals surface area contributed by atoms with Crippen molar-refractivity contribution in [3.8, 4) is 0 Å². The SMILES string of the molecule is CN=C(Br)C(C)C(=O)N1CCCCC1c1cc2nc(N3CCC(N)C3)c(C)cn2n1. The number of aryl methyl sites for hydroxylation is 1. The number of piperidine rings is 1. The fourth-order valence-electron chi connectivity index (χ4n) is 4.53. The maximum atomic E-state index is 13.2. The Balaban J connectivity index is 1.64. The summed E-state index contributed by atoms with van der Waals surface area (Å²) in [6, 6.07) is 2.21. The van der Waals surface area contributed by atoms with Crippen molar-refractivity contribution in [1.29, 1.82) is 0 Å². The number of aromatic nitrogens is 3. The predicted octanol–water partition coefficient (Wildman–Crippen LogP) is 2.69. The highest BCUT2D eigenvalue weighted by atomic mass is 79.9. The normalized spacial score (nSPS) is 24.0. The number of hydrogen-bond acceptors (Lipinski definition) is 6. The number of amides is 1. The molecule has 0 aliphatic carbocycles. The van der Waals surface area contributed by atoms with Crippen LogP contribution in [-0.2, 0) is 4.79 Å². The quantitative estimate of drug-likeness (QED) is 0.686. The van der Waals surface area contributed by atoms with Crippen molar-refractivity contribution in [3.05, 3.63) is 23.5 Å². The Morgan fingerprint density at radius 1 is 1.33 bits per heavy atom. The summed E-state index contributed by atoms with van der Waals surface area (Å²) < 4.78 is 2.52. The van der Waals surface area contributed by atoms with E-state index in [-0.39, 0.29) is 23.9 Å². The molecular formula is C21H30BrN7O. The van der Waals surface area contributed by atoms with E-state index in [1.807, 2.05) is 28.6 Å². The van der Waals surface area contributed by atoms with Crippen LogP contribution < -0.4 is 10.6 Å². The second kappa shape index (κ2) is 8.63. The third kappa shape index (κ3) is 3.97. The van der Waals surface area contributed by atoms with Gasteiger partial charge in [-0.25, -0.2) is 9.50 Å². The van der Waals surface area contributed by atoms with E-state index in [9.17, 15) is 4.79 Å². The van der Waals surface area contributed by atoms with Crippen molar-refractivity contribution in [2.45, 2.75) is 51.6 Å². The van der Waals surface area contributed by atoms with E-state index in [0.29, 0.717) is 4.62 Å². The number of anilines is 1. The molecule has 2 N–H and O–H groups in total. The van der Waals surface area contributed by atoms with Crippen LogP contribution in [-0.4, -0.2) is 62.7 Å². The predicted molar refractivity (Wildman–Crippen MR) is 122 cm³/mol. The van der Waals surface area contributed by atoms with Gasteiger partial charge < -0.3 is 15.5 Å². The minimum Gasteiger partial charge on any atom is -0.355 e. The second-order valence-corrected chi connectivity index (χ2v) is 9.24. The first-order chi connectivity index (χ1) is 14.4. The topological polar surface area (TPSA) is 92.1 Å². The van der Waals surface area contributed by atoms with Gasteiger partial charge in [-0.2, -0.15) is 5.10 Å². The van der Waals surface area contributed by atoms with Gasteiger partial charge in [0.15, 0.2) is 5.65 Å². The van der Waals surface area contributed by atoms with Gasteiger partial charge in [-0.15, -0.1) is 0 Å². The van der Waals surface area contributed by atoms with Crippen LogP contribution in [0.5, 0.6) is 0 Å². The summed E-state index contributed by atoms with van der Waals surface area (Å²) in [4.78, 5) is 26.4. The molecule has 4 rings (SSSR count). The largest absolute Gasteiger partial charge is 0.355 e. The van der Waals surface area contributed by atoms with E-state index in [1.54, 1.807) is 7.05 Å². The Bertz CT molecular complexity index is 972. The Hall–Kier alpha value is -2.00. The molecule has 8 nitrogen and oxygen atoms in total. The van der Waals surface area contributed by atoms with Crippen molar-refractivity contribution >= 4 is 37.9 Å². The van der Waals surface area contributed by atoms with Crippen LogP contribution in [0, 0.1) is 12.8 Å². The van der Waals surface area contributed by atoms with Crippen molar-refractivity contribution in [2.75, 3.05) is 31.6 Å². The molecule has 162 valence electrons. The van der Waals surface area contributed by atoms with E-state index in [1.165, 1.54) is 0 Å². The molecule has 3 atom stereocenters. The number of likely N-dealkylation sites (tertiary alicyclic amines) is 1. The van der Waals surface area contributed by atoms with Gasteiger partial charge in [0.25, 0.3) is 0 Å².